The van der Waals surface area contributed by atoms with Gasteiger partial charge in [0.2, 0.25) is 0 Å². The maximum absolute atomic E-state index is 14.7. The number of hydrogen-bond acceptors (Lipinski definition) is 5. The van der Waals surface area contributed by atoms with Crippen LogP contribution in [0.2, 0.25) is 0 Å². The predicted octanol–water partition coefficient (Wildman–Crippen LogP) is 11.5. The average molecular weight is 585 g/mol. The van der Waals surface area contributed by atoms with Gasteiger partial charge in [-0.15, -0.1) is 0 Å². The second-order valence-electron chi connectivity index (χ2n) is 9.63. The minimum absolute atomic E-state index is 0.0793. The molecule has 2 aromatic rings. The summed E-state index contributed by atoms with van der Waals surface area (Å²) in [5.41, 5.74) is 8.49. The molecular formula is C35H53FN2O2S. The smallest absolute Gasteiger partial charge is 0.163 e. The fourth-order valence-corrected chi connectivity index (χ4v) is 4.10. The fourth-order valence-electron chi connectivity index (χ4n) is 3.83. The number of ketones is 1. The van der Waals surface area contributed by atoms with E-state index in [9.17, 15) is 9.18 Å². The number of rotatable bonds is 14. The first kappa shape index (κ1) is 38.2. The molecule has 2 aromatic carbocycles. The van der Waals surface area contributed by atoms with Gasteiger partial charge in [0.1, 0.15) is 5.82 Å². The molecule has 0 saturated heterocycles. The lowest BCUT2D eigenvalue weighted by Crippen LogP contribution is -2.11. The number of carbonyl (C=O) groups is 1. The number of aryl methyl sites for hydroxylation is 1. The molecule has 0 aliphatic heterocycles. The van der Waals surface area contributed by atoms with Crippen molar-refractivity contribution in [3.63, 3.8) is 0 Å². The molecule has 0 fully saturated rings. The van der Waals surface area contributed by atoms with Crippen molar-refractivity contribution in [2.45, 2.75) is 89.0 Å². The summed E-state index contributed by atoms with van der Waals surface area (Å²) in [5, 5.41) is 3.25. The van der Waals surface area contributed by atoms with Crippen LogP contribution in [0.5, 0.6) is 0 Å². The highest BCUT2D eigenvalue weighted by Gasteiger charge is 2.21. The van der Waals surface area contributed by atoms with E-state index in [1.807, 2.05) is 98.7 Å². The molecule has 0 heterocycles. The van der Waals surface area contributed by atoms with Gasteiger partial charge >= 0.3 is 0 Å². The van der Waals surface area contributed by atoms with Crippen LogP contribution >= 0.6 is 12.0 Å². The summed E-state index contributed by atoms with van der Waals surface area (Å²) in [6.45, 7) is 26.5. The van der Waals surface area contributed by atoms with E-state index in [1.165, 1.54) is 18.1 Å². The van der Waals surface area contributed by atoms with E-state index >= 15 is 0 Å². The number of halogens is 1. The van der Waals surface area contributed by atoms with Crippen molar-refractivity contribution in [2.24, 2.45) is 11.8 Å². The number of allylic oxidation sites excluding steroid dienone is 5. The third-order valence-electron chi connectivity index (χ3n) is 5.97. The number of nitrogens with one attached hydrogen (secondary N) is 2. The molecule has 1 unspecified atom stereocenters. The summed E-state index contributed by atoms with van der Waals surface area (Å²) >= 11 is 1.30. The molecule has 228 valence electrons. The quantitative estimate of drug-likeness (QED) is 0.0760. The van der Waals surface area contributed by atoms with E-state index < -0.39 is 0 Å². The molecule has 0 radical (unpaired) electrons. The third-order valence-corrected chi connectivity index (χ3v) is 6.40. The van der Waals surface area contributed by atoms with Gasteiger partial charge in [-0.25, -0.2) is 8.67 Å². The second kappa shape index (κ2) is 21.0. The summed E-state index contributed by atoms with van der Waals surface area (Å²) in [6.07, 6.45) is 5.35. The Morgan fingerprint density at radius 1 is 1.05 bits per heavy atom. The Bertz CT molecular complexity index is 1150. The highest BCUT2D eigenvalue weighted by atomic mass is 32.2. The monoisotopic (exact) mass is 584 g/mol. The van der Waals surface area contributed by atoms with E-state index in [0.29, 0.717) is 28.9 Å². The molecule has 1 atom stereocenters. The highest BCUT2D eigenvalue weighted by Crippen LogP contribution is 2.37. The standard InChI is InChI=1S/C31H41FN2O2S.2C2H6/c1-9-21(6)17-26(31(35)16-20(4)5)23(8)25(10-2)27-19-24(34-36-37-11-3)13-15-29(27)33-30-14-12-22(7)18-28(30)32;2*1-2/h10,12-15,17-21,33-34H,8-9,11,16H2,1-7H3;2*1-2H3/b25-10+,26-17+;;. The van der Waals surface area contributed by atoms with Crippen molar-refractivity contribution in [1.29, 1.82) is 0 Å². The molecule has 0 amide bonds. The molecule has 0 aliphatic carbocycles. The largest absolute Gasteiger partial charge is 0.353 e. The predicted molar refractivity (Wildman–Crippen MR) is 181 cm³/mol. The van der Waals surface area contributed by atoms with Crippen molar-refractivity contribution < 1.29 is 13.5 Å². The summed E-state index contributed by atoms with van der Waals surface area (Å²) in [6, 6.07) is 10.8. The van der Waals surface area contributed by atoms with Crippen LogP contribution in [-0.4, -0.2) is 11.5 Å². The number of anilines is 3. The summed E-state index contributed by atoms with van der Waals surface area (Å²) < 4.78 is 20.2. The van der Waals surface area contributed by atoms with Crippen LogP contribution < -0.4 is 10.8 Å². The third kappa shape index (κ3) is 12.7. The Hall–Kier alpha value is -2.83. The van der Waals surface area contributed by atoms with E-state index in [4.69, 9.17) is 4.28 Å². The van der Waals surface area contributed by atoms with Crippen LogP contribution in [0.25, 0.3) is 5.57 Å². The van der Waals surface area contributed by atoms with Crippen LogP contribution in [0.4, 0.5) is 21.5 Å². The summed E-state index contributed by atoms with van der Waals surface area (Å²) in [4.78, 5) is 13.3. The minimum Gasteiger partial charge on any atom is -0.353 e. The van der Waals surface area contributed by atoms with E-state index in [-0.39, 0.29) is 23.4 Å². The van der Waals surface area contributed by atoms with Crippen LogP contribution in [0.3, 0.4) is 0 Å². The molecule has 41 heavy (non-hydrogen) atoms. The zero-order valence-corrected chi connectivity index (χ0v) is 28.0. The molecular weight excluding hydrogens is 531 g/mol. The first-order chi connectivity index (χ1) is 19.6. The van der Waals surface area contributed by atoms with Crippen LogP contribution in [-0.2, 0) is 9.08 Å². The summed E-state index contributed by atoms with van der Waals surface area (Å²) in [5.74, 6) is 1.01. The topological polar surface area (TPSA) is 50.4 Å². The highest BCUT2D eigenvalue weighted by molar-refractivity contribution is 7.94. The molecule has 0 saturated carbocycles. The van der Waals surface area contributed by atoms with Gasteiger partial charge in [-0.1, -0.05) is 93.5 Å². The Labute approximate surface area is 254 Å². The molecule has 6 heteroatoms. The van der Waals surface area contributed by atoms with Crippen molar-refractivity contribution in [3.8, 4) is 0 Å². The van der Waals surface area contributed by atoms with Gasteiger partial charge in [0.25, 0.3) is 0 Å². The van der Waals surface area contributed by atoms with Crippen molar-refractivity contribution in [1.82, 2.24) is 0 Å². The van der Waals surface area contributed by atoms with Crippen LogP contribution in [0, 0.1) is 24.6 Å². The van der Waals surface area contributed by atoms with E-state index in [0.717, 1.165) is 34.6 Å². The second-order valence-corrected chi connectivity index (χ2v) is 10.6. The van der Waals surface area contributed by atoms with Crippen molar-refractivity contribution in [3.05, 3.63) is 83.2 Å². The lowest BCUT2D eigenvalue weighted by atomic mass is 9.86. The van der Waals surface area contributed by atoms with Gasteiger partial charge < -0.3 is 5.32 Å². The minimum atomic E-state index is -0.332. The maximum Gasteiger partial charge on any atom is 0.163 e. The molecule has 0 bridgehead atoms. The van der Waals surface area contributed by atoms with Crippen molar-refractivity contribution >= 4 is 40.5 Å². The molecule has 0 spiro atoms. The van der Waals surface area contributed by atoms with Gasteiger partial charge in [-0.2, -0.15) is 0 Å². The van der Waals surface area contributed by atoms with Gasteiger partial charge in [0.15, 0.2) is 5.78 Å². The average Bonchev–Trinajstić information content (AvgIpc) is 2.96. The zero-order chi connectivity index (χ0) is 31.5. The number of hydrogen-bond donors (Lipinski definition) is 2. The Kier molecular flexibility index (Phi) is 19.5. The van der Waals surface area contributed by atoms with Gasteiger partial charge in [-0.05, 0) is 72.7 Å². The number of carbonyl (C=O) groups excluding carboxylic acids is 1. The Morgan fingerprint density at radius 2 is 1.68 bits per heavy atom. The van der Waals surface area contributed by atoms with Crippen molar-refractivity contribution in [2.75, 3.05) is 16.5 Å². The van der Waals surface area contributed by atoms with Crippen LogP contribution in [0.1, 0.15) is 93.2 Å². The number of Topliss-reactive ketones (excluding diaryl/α,β-unsaturated/α-hetero) is 1. The Balaban J connectivity index is 0.00000382. The molecule has 4 nitrogen and oxygen atoms in total. The normalized spacial score (nSPS) is 12.0. The lowest BCUT2D eigenvalue weighted by Gasteiger charge is -2.21. The molecule has 2 rings (SSSR count). The van der Waals surface area contributed by atoms with E-state index in [1.54, 1.807) is 6.07 Å². The first-order valence-electron chi connectivity index (χ1n) is 14.9. The summed E-state index contributed by atoms with van der Waals surface area (Å²) in [7, 11) is 0. The fraction of sp³-hybridized carbons (Fsp3) is 0.457. The maximum atomic E-state index is 14.7. The SMILES string of the molecule is C=C(/C(=C\C(C)CC)C(=O)CC(C)C)/C(=C\C)c1cc(NOSCC)ccc1Nc1ccc(C)cc1F.CC.CC. The zero-order valence-electron chi connectivity index (χ0n) is 27.2. The van der Waals surface area contributed by atoms with Gasteiger partial charge in [-0.3, -0.25) is 10.3 Å². The Morgan fingerprint density at radius 3 is 2.22 bits per heavy atom. The first-order valence-corrected chi connectivity index (χ1v) is 15.8. The number of benzene rings is 2. The lowest BCUT2D eigenvalue weighted by molar-refractivity contribution is -0.116. The molecule has 0 aliphatic rings. The molecule has 0 aromatic heterocycles. The molecule has 2 N–H and O–H groups in total. The van der Waals surface area contributed by atoms with Gasteiger partial charge in [0.05, 0.1) is 11.4 Å². The van der Waals surface area contributed by atoms with Crippen LogP contribution in [0.15, 0.2) is 66.3 Å². The van der Waals surface area contributed by atoms with E-state index in [2.05, 4.69) is 31.2 Å². The van der Waals surface area contributed by atoms with Gasteiger partial charge in [0, 0.05) is 41.0 Å².